The number of sulfone groups is 1. The highest BCUT2D eigenvalue weighted by Crippen LogP contribution is 2.41. The smallest absolute Gasteiger partial charge is 0.457 e. The van der Waals surface area contributed by atoms with Crippen molar-refractivity contribution in [3.8, 4) is 11.5 Å². The number of ether oxygens (including phenoxy) is 1. The molecular weight excluding hydrogens is 364 g/mol. The number of rotatable bonds is 3. The highest BCUT2D eigenvalue weighted by molar-refractivity contribution is 7.92. The van der Waals surface area contributed by atoms with Gasteiger partial charge >= 0.3 is 5.51 Å². The van der Waals surface area contributed by atoms with Crippen LogP contribution in [-0.2, 0) is 16.3 Å². The SMILES string of the molecule is O=C1CCc2c(Oc3ccc(F)cc3)ccc(S(=O)(=O)C(F)(F)F)c21. The Morgan fingerprint density at radius 1 is 0.960 bits per heavy atom. The number of fused-ring (bicyclic) bond motifs is 1. The number of alkyl halides is 3. The first-order valence-electron chi connectivity index (χ1n) is 7.05. The number of benzene rings is 2. The van der Waals surface area contributed by atoms with Crippen LogP contribution in [0.2, 0.25) is 0 Å². The first kappa shape index (κ1) is 17.4. The molecule has 0 saturated carbocycles. The van der Waals surface area contributed by atoms with Crippen LogP contribution < -0.4 is 4.74 Å². The van der Waals surface area contributed by atoms with Crippen LogP contribution in [0.25, 0.3) is 0 Å². The zero-order valence-electron chi connectivity index (χ0n) is 12.4. The van der Waals surface area contributed by atoms with Crippen LogP contribution in [0.4, 0.5) is 17.6 Å². The minimum Gasteiger partial charge on any atom is -0.457 e. The second-order valence-corrected chi connectivity index (χ2v) is 7.25. The fourth-order valence-electron chi connectivity index (χ4n) is 2.60. The van der Waals surface area contributed by atoms with Crippen molar-refractivity contribution in [3.63, 3.8) is 0 Å². The van der Waals surface area contributed by atoms with Crippen LogP contribution in [-0.4, -0.2) is 19.7 Å². The molecule has 3 rings (SSSR count). The van der Waals surface area contributed by atoms with Crippen LogP contribution in [0.5, 0.6) is 11.5 Å². The van der Waals surface area contributed by atoms with E-state index in [4.69, 9.17) is 4.74 Å². The van der Waals surface area contributed by atoms with Crippen LogP contribution in [0.1, 0.15) is 22.3 Å². The molecule has 25 heavy (non-hydrogen) atoms. The lowest BCUT2D eigenvalue weighted by Crippen LogP contribution is -2.25. The van der Waals surface area contributed by atoms with Gasteiger partial charge in [-0.3, -0.25) is 4.79 Å². The minimum atomic E-state index is -5.66. The van der Waals surface area contributed by atoms with E-state index in [1.165, 1.54) is 12.1 Å². The standard InChI is InChI=1S/C16H10F4O4S/c17-9-1-3-10(4-2-9)24-13-7-8-14(25(22,23)16(18,19)20)15-11(13)5-6-12(15)21/h1-4,7-8H,5-6H2. The third-order valence-electron chi connectivity index (χ3n) is 3.75. The number of carbonyl (C=O) groups is 1. The van der Waals surface area contributed by atoms with Crippen LogP contribution >= 0.6 is 0 Å². The van der Waals surface area contributed by atoms with Crippen molar-refractivity contribution in [2.45, 2.75) is 23.2 Å². The molecule has 0 amide bonds. The molecular formula is C16H10F4O4S. The van der Waals surface area contributed by atoms with Gasteiger partial charge < -0.3 is 4.74 Å². The second-order valence-electron chi connectivity index (χ2n) is 5.34. The fourth-order valence-corrected chi connectivity index (χ4v) is 3.60. The summed E-state index contributed by atoms with van der Waals surface area (Å²) in [5, 5.41) is 0. The molecule has 0 bridgehead atoms. The molecule has 2 aromatic carbocycles. The Bertz CT molecular complexity index is 947. The van der Waals surface area contributed by atoms with Crippen LogP contribution in [0, 0.1) is 5.82 Å². The monoisotopic (exact) mass is 374 g/mol. The molecule has 0 aromatic heterocycles. The van der Waals surface area contributed by atoms with E-state index in [1.807, 2.05) is 0 Å². The predicted octanol–water partition coefficient (Wildman–Crippen LogP) is 4.04. The lowest BCUT2D eigenvalue weighted by molar-refractivity contribution is -0.0436. The average molecular weight is 374 g/mol. The summed E-state index contributed by atoms with van der Waals surface area (Å²) < 4.78 is 80.3. The number of hydrogen-bond donors (Lipinski definition) is 0. The molecule has 132 valence electrons. The van der Waals surface area contributed by atoms with Gasteiger partial charge in [0.15, 0.2) is 5.78 Å². The molecule has 1 aliphatic rings. The summed E-state index contributed by atoms with van der Waals surface area (Å²) in [6.45, 7) is 0. The molecule has 0 fully saturated rings. The first-order chi connectivity index (χ1) is 11.6. The average Bonchev–Trinajstić information content (AvgIpc) is 2.91. The molecule has 0 heterocycles. The third-order valence-corrected chi connectivity index (χ3v) is 5.28. The molecule has 0 atom stereocenters. The van der Waals surface area contributed by atoms with Crippen LogP contribution in [0.3, 0.4) is 0 Å². The Morgan fingerprint density at radius 3 is 2.20 bits per heavy atom. The molecule has 0 unspecified atom stereocenters. The second kappa shape index (κ2) is 5.83. The van der Waals surface area contributed by atoms with E-state index in [1.54, 1.807) is 0 Å². The molecule has 0 spiro atoms. The fraction of sp³-hybridized carbons (Fsp3) is 0.188. The summed E-state index contributed by atoms with van der Waals surface area (Å²) in [6.07, 6.45) is -0.0502. The highest BCUT2D eigenvalue weighted by Gasteiger charge is 2.49. The summed E-state index contributed by atoms with van der Waals surface area (Å²) in [5.74, 6) is -0.926. The largest absolute Gasteiger partial charge is 0.501 e. The van der Waals surface area contributed by atoms with E-state index in [2.05, 4.69) is 0 Å². The third kappa shape index (κ3) is 2.99. The van der Waals surface area contributed by atoms with E-state index in [0.29, 0.717) is 6.07 Å². The minimum absolute atomic E-state index is 0.0614. The lowest BCUT2D eigenvalue weighted by Gasteiger charge is -2.15. The summed E-state index contributed by atoms with van der Waals surface area (Å²) in [4.78, 5) is 10.9. The number of carbonyl (C=O) groups excluding carboxylic acids is 1. The maximum atomic E-state index is 12.9. The Hall–Kier alpha value is -2.42. The van der Waals surface area contributed by atoms with Gasteiger partial charge in [0.1, 0.15) is 17.3 Å². The quantitative estimate of drug-likeness (QED) is 0.761. The van der Waals surface area contributed by atoms with E-state index in [0.717, 1.165) is 18.2 Å². The van der Waals surface area contributed by atoms with Crippen molar-refractivity contribution in [2.24, 2.45) is 0 Å². The van der Waals surface area contributed by atoms with E-state index < -0.39 is 37.4 Å². The van der Waals surface area contributed by atoms with Gasteiger partial charge in [-0.2, -0.15) is 13.2 Å². The number of ketones is 1. The van der Waals surface area contributed by atoms with Gasteiger partial charge in [0.2, 0.25) is 0 Å². The van der Waals surface area contributed by atoms with Gasteiger partial charge in [-0.25, -0.2) is 12.8 Å². The molecule has 0 aliphatic heterocycles. The van der Waals surface area contributed by atoms with Gasteiger partial charge in [-0.1, -0.05) is 0 Å². The topological polar surface area (TPSA) is 60.4 Å². The van der Waals surface area contributed by atoms with Crippen LogP contribution in [0.15, 0.2) is 41.3 Å². The molecule has 0 radical (unpaired) electrons. The van der Waals surface area contributed by atoms with Gasteiger partial charge in [0, 0.05) is 17.5 Å². The summed E-state index contributed by atoms with van der Waals surface area (Å²) in [6, 6.07) is 6.65. The van der Waals surface area contributed by atoms with Crippen molar-refractivity contribution in [1.29, 1.82) is 0 Å². The lowest BCUT2D eigenvalue weighted by atomic mass is 10.1. The maximum Gasteiger partial charge on any atom is 0.501 e. The van der Waals surface area contributed by atoms with Gasteiger partial charge in [0.05, 0.1) is 4.90 Å². The summed E-state index contributed by atoms with van der Waals surface area (Å²) in [7, 11) is -5.66. The molecule has 4 nitrogen and oxygen atoms in total. The number of Topliss-reactive ketones (excluding diaryl/α,β-unsaturated/α-hetero) is 1. The van der Waals surface area contributed by atoms with Gasteiger partial charge in [-0.15, -0.1) is 0 Å². The maximum absolute atomic E-state index is 12.9. The zero-order valence-corrected chi connectivity index (χ0v) is 13.2. The van der Waals surface area contributed by atoms with Crippen molar-refractivity contribution in [3.05, 3.63) is 53.3 Å². The molecule has 2 aromatic rings. The normalized spacial score (nSPS) is 14.5. The molecule has 0 saturated heterocycles. The summed E-state index contributed by atoms with van der Waals surface area (Å²) >= 11 is 0. The Morgan fingerprint density at radius 2 is 1.60 bits per heavy atom. The van der Waals surface area contributed by atoms with E-state index in [9.17, 15) is 30.8 Å². The molecule has 0 N–H and O–H groups in total. The van der Waals surface area contributed by atoms with Crippen molar-refractivity contribution >= 4 is 15.6 Å². The summed E-state index contributed by atoms with van der Waals surface area (Å²) in [5.41, 5.74) is -5.90. The molecule has 1 aliphatic carbocycles. The predicted molar refractivity (Wildman–Crippen MR) is 78.8 cm³/mol. The zero-order chi connectivity index (χ0) is 18.4. The number of halogens is 4. The number of hydrogen-bond acceptors (Lipinski definition) is 4. The Labute approximate surface area is 140 Å². The first-order valence-corrected chi connectivity index (χ1v) is 8.53. The van der Waals surface area contributed by atoms with E-state index in [-0.39, 0.29) is 29.9 Å². The van der Waals surface area contributed by atoms with Crippen molar-refractivity contribution in [1.82, 2.24) is 0 Å². The Balaban J connectivity index is 2.11. The van der Waals surface area contributed by atoms with Gasteiger partial charge in [-0.05, 0) is 42.8 Å². The highest BCUT2D eigenvalue weighted by atomic mass is 32.2. The van der Waals surface area contributed by atoms with Crippen molar-refractivity contribution < 1.29 is 35.5 Å². The van der Waals surface area contributed by atoms with Crippen molar-refractivity contribution in [2.75, 3.05) is 0 Å². The van der Waals surface area contributed by atoms with E-state index >= 15 is 0 Å². The Kier molecular flexibility index (Phi) is 4.06. The van der Waals surface area contributed by atoms with Gasteiger partial charge in [0.25, 0.3) is 9.84 Å². The molecule has 9 heteroatoms.